The molecule has 2 saturated heterocycles. The molecule has 8 nitrogen and oxygen atoms in total. The zero-order valence-corrected chi connectivity index (χ0v) is 16.2. The number of carbonyl (C=O) groups is 1. The summed E-state index contributed by atoms with van der Waals surface area (Å²) in [6.45, 7) is 1.31. The molecule has 4 rings (SSSR count). The molecule has 1 aromatic heterocycles. The van der Waals surface area contributed by atoms with Crippen LogP contribution in [0.5, 0.6) is 0 Å². The maximum absolute atomic E-state index is 13.0. The lowest BCUT2D eigenvalue weighted by atomic mass is 10.1. The van der Waals surface area contributed by atoms with Crippen LogP contribution in [0.2, 0.25) is 5.02 Å². The Kier molecular flexibility index (Phi) is 4.92. The van der Waals surface area contributed by atoms with Crippen molar-refractivity contribution in [3.63, 3.8) is 0 Å². The maximum atomic E-state index is 13.0. The van der Waals surface area contributed by atoms with E-state index in [0.717, 1.165) is 12.8 Å². The van der Waals surface area contributed by atoms with Crippen LogP contribution in [0.15, 0.2) is 36.9 Å². The van der Waals surface area contributed by atoms with Crippen molar-refractivity contribution >= 4 is 27.5 Å². The number of sulfonamides is 1. The minimum absolute atomic E-state index is 0.000275. The van der Waals surface area contributed by atoms with E-state index in [1.165, 1.54) is 10.6 Å². The van der Waals surface area contributed by atoms with E-state index < -0.39 is 15.3 Å². The minimum Gasteiger partial charge on any atom is -0.336 e. The molecule has 1 aromatic carbocycles. The molecule has 27 heavy (non-hydrogen) atoms. The number of rotatable bonds is 4. The summed E-state index contributed by atoms with van der Waals surface area (Å²) >= 11 is 5.93. The number of aromatic nitrogens is 3. The van der Waals surface area contributed by atoms with Gasteiger partial charge in [-0.05, 0) is 31.0 Å². The largest absolute Gasteiger partial charge is 0.336 e. The van der Waals surface area contributed by atoms with E-state index >= 15 is 0 Å². The molecule has 2 aliphatic rings. The number of likely N-dealkylation sites (tertiary alicyclic amines) is 1. The Balaban J connectivity index is 1.40. The van der Waals surface area contributed by atoms with Gasteiger partial charge in [-0.3, -0.25) is 4.79 Å². The van der Waals surface area contributed by atoms with Crippen LogP contribution in [0.25, 0.3) is 0 Å². The molecule has 0 spiro atoms. The van der Waals surface area contributed by atoms with Crippen LogP contribution in [0.3, 0.4) is 0 Å². The molecule has 0 bridgehead atoms. The number of amides is 1. The molecule has 0 aliphatic carbocycles. The fourth-order valence-corrected chi connectivity index (χ4v) is 5.69. The summed E-state index contributed by atoms with van der Waals surface area (Å²) in [6.07, 6.45) is 4.73. The van der Waals surface area contributed by atoms with E-state index in [1.54, 1.807) is 40.2 Å². The Labute approximate surface area is 162 Å². The van der Waals surface area contributed by atoms with Crippen molar-refractivity contribution < 1.29 is 13.2 Å². The Hall–Kier alpha value is -1.97. The van der Waals surface area contributed by atoms with Gasteiger partial charge in [-0.15, -0.1) is 0 Å². The van der Waals surface area contributed by atoms with E-state index in [1.807, 2.05) is 0 Å². The van der Waals surface area contributed by atoms with Crippen LogP contribution in [-0.4, -0.2) is 69.7 Å². The van der Waals surface area contributed by atoms with E-state index in [4.69, 9.17) is 11.6 Å². The van der Waals surface area contributed by atoms with Crippen molar-refractivity contribution in [3.05, 3.63) is 47.5 Å². The summed E-state index contributed by atoms with van der Waals surface area (Å²) < 4.78 is 29.2. The molecule has 2 aromatic rings. The molecule has 0 N–H and O–H groups in total. The molecule has 0 radical (unpaired) electrons. The molecule has 3 heterocycles. The Morgan fingerprint density at radius 2 is 2.04 bits per heavy atom. The third-order valence-corrected chi connectivity index (χ3v) is 7.59. The second kappa shape index (κ2) is 7.21. The van der Waals surface area contributed by atoms with E-state index in [2.05, 4.69) is 10.1 Å². The highest BCUT2D eigenvalue weighted by Crippen LogP contribution is 2.28. The lowest BCUT2D eigenvalue weighted by molar-refractivity contribution is 0.0653. The van der Waals surface area contributed by atoms with E-state index in [-0.39, 0.29) is 25.0 Å². The van der Waals surface area contributed by atoms with Crippen LogP contribution in [-0.2, 0) is 10.0 Å². The third-order valence-electron chi connectivity index (χ3n) is 5.16. The van der Waals surface area contributed by atoms with Crippen molar-refractivity contribution in [1.29, 1.82) is 0 Å². The van der Waals surface area contributed by atoms with E-state index in [0.29, 0.717) is 23.7 Å². The average Bonchev–Trinajstić information content (AvgIpc) is 3.15. The highest BCUT2D eigenvalue weighted by molar-refractivity contribution is 7.89. The van der Waals surface area contributed by atoms with Gasteiger partial charge in [0.15, 0.2) is 0 Å². The van der Waals surface area contributed by atoms with Gasteiger partial charge in [-0.1, -0.05) is 17.7 Å². The molecule has 2 aliphatic heterocycles. The molecule has 1 amide bonds. The van der Waals surface area contributed by atoms with Crippen molar-refractivity contribution in [3.8, 4) is 0 Å². The summed E-state index contributed by atoms with van der Waals surface area (Å²) in [5.74, 6) is -0.192. The topological polar surface area (TPSA) is 88.4 Å². The van der Waals surface area contributed by atoms with Crippen LogP contribution >= 0.6 is 11.6 Å². The monoisotopic (exact) mass is 409 g/mol. The van der Waals surface area contributed by atoms with Gasteiger partial charge in [0.1, 0.15) is 17.9 Å². The van der Waals surface area contributed by atoms with Crippen molar-refractivity contribution in [1.82, 2.24) is 24.0 Å². The molecular weight excluding hydrogens is 390 g/mol. The first kappa shape index (κ1) is 18.4. The van der Waals surface area contributed by atoms with Gasteiger partial charge in [-0.25, -0.2) is 18.1 Å². The molecule has 1 atom stereocenters. The highest BCUT2D eigenvalue weighted by atomic mass is 35.5. The highest BCUT2D eigenvalue weighted by Gasteiger charge is 2.44. The predicted octanol–water partition coefficient (Wildman–Crippen LogP) is 1.42. The quantitative estimate of drug-likeness (QED) is 0.762. The Morgan fingerprint density at radius 3 is 2.74 bits per heavy atom. The number of hydrogen-bond acceptors (Lipinski definition) is 5. The molecule has 10 heteroatoms. The van der Waals surface area contributed by atoms with Crippen molar-refractivity contribution in [2.75, 3.05) is 26.2 Å². The number of benzene rings is 1. The molecule has 2 fully saturated rings. The van der Waals surface area contributed by atoms with Crippen molar-refractivity contribution in [2.24, 2.45) is 0 Å². The fourth-order valence-electron chi connectivity index (χ4n) is 3.58. The summed E-state index contributed by atoms with van der Waals surface area (Å²) in [4.78, 5) is 18.0. The SMILES string of the molecule is O=C(c1cccc(Cl)c1)N1CC(S(=O)(=O)N2CCCC(n3cncn3)C2)C1. The average molecular weight is 410 g/mol. The lowest BCUT2D eigenvalue weighted by Crippen LogP contribution is -2.60. The van der Waals surface area contributed by atoms with Crippen LogP contribution in [0, 0.1) is 0 Å². The van der Waals surface area contributed by atoms with E-state index in [9.17, 15) is 13.2 Å². The lowest BCUT2D eigenvalue weighted by Gasteiger charge is -2.42. The van der Waals surface area contributed by atoms with Crippen LogP contribution < -0.4 is 0 Å². The van der Waals surface area contributed by atoms with Crippen molar-refractivity contribution in [2.45, 2.75) is 24.1 Å². The normalized spacial score (nSPS) is 21.8. The number of piperidine rings is 1. The Bertz CT molecular complexity index is 928. The van der Waals surface area contributed by atoms with Gasteiger partial charge < -0.3 is 4.90 Å². The first-order valence-electron chi connectivity index (χ1n) is 8.83. The first-order chi connectivity index (χ1) is 12.9. The standard InChI is InChI=1S/C17H20ClN5O3S/c18-14-4-1-3-13(7-14)17(24)21-9-16(10-21)27(25,26)22-6-2-5-15(8-22)23-12-19-11-20-23/h1,3-4,7,11-12,15-16H,2,5-6,8-10H2. The van der Waals surface area contributed by atoms with Crippen LogP contribution in [0.4, 0.5) is 0 Å². The zero-order valence-electron chi connectivity index (χ0n) is 14.6. The van der Waals surface area contributed by atoms with Gasteiger partial charge in [0.2, 0.25) is 10.0 Å². The van der Waals surface area contributed by atoms with Gasteiger partial charge in [-0.2, -0.15) is 9.40 Å². The third kappa shape index (κ3) is 3.59. The van der Waals surface area contributed by atoms with Gasteiger partial charge in [0.05, 0.1) is 6.04 Å². The Morgan fingerprint density at radius 1 is 1.22 bits per heavy atom. The van der Waals surface area contributed by atoms with Gasteiger partial charge >= 0.3 is 0 Å². The minimum atomic E-state index is -3.45. The first-order valence-corrected chi connectivity index (χ1v) is 10.7. The number of nitrogens with zero attached hydrogens (tertiary/aromatic N) is 5. The number of carbonyl (C=O) groups excluding carboxylic acids is 1. The second-order valence-electron chi connectivity index (χ2n) is 6.92. The maximum Gasteiger partial charge on any atom is 0.253 e. The summed E-state index contributed by atoms with van der Waals surface area (Å²) in [5, 5.41) is 4.06. The zero-order chi connectivity index (χ0) is 19.0. The van der Waals surface area contributed by atoms with Gasteiger partial charge in [0, 0.05) is 36.8 Å². The second-order valence-corrected chi connectivity index (χ2v) is 9.57. The predicted molar refractivity (Wildman–Crippen MR) is 99.9 cm³/mol. The molecule has 144 valence electrons. The smallest absolute Gasteiger partial charge is 0.253 e. The summed E-state index contributed by atoms with van der Waals surface area (Å²) in [6, 6.07) is 6.69. The summed E-state index contributed by atoms with van der Waals surface area (Å²) in [7, 11) is -3.45. The summed E-state index contributed by atoms with van der Waals surface area (Å²) in [5.41, 5.74) is 0.475. The number of halogens is 1. The van der Waals surface area contributed by atoms with Gasteiger partial charge in [0.25, 0.3) is 5.91 Å². The molecular formula is C17H20ClN5O3S. The van der Waals surface area contributed by atoms with Crippen LogP contribution in [0.1, 0.15) is 29.2 Å². The molecule has 1 unspecified atom stereocenters. The molecule has 0 saturated carbocycles. The number of hydrogen-bond donors (Lipinski definition) is 0. The fraction of sp³-hybridized carbons (Fsp3) is 0.471.